The summed E-state index contributed by atoms with van der Waals surface area (Å²) in [5.74, 6) is -3.91. The van der Waals surface area contributed by atoms with Crippen LogP contribution < -0.4 is 5.73 Å². The minimum Gasteiger partial charge on any atom is -0.505 e. The van der Waals surface area contributed by atoms with Crippen molar-refractivity contribution in [1.29, 1.82) is 0 Å². The molecule has 1 rings (SSSR count). The van der Waals surface area contributed by atoms with E-state index >= 15 is 0 Å². The number of carboxylic acids is 1. The predicted molar refractivity (Wildman–Crippen MR) is 52.4 cm³/mol. The highest BCUT2D eigenvalue weighted by atomic mass is 19.4. The summed E-state index contributed by atoms with van der Waals surface area (Å²) < 4.78 is 50.3. The van der Waals surface area contributed by atoms with Crippen LogP contribution in [0.25, 0.3) is 0 Å². The molecule has 0 saturated carbocycles. The summed E-state index contributed by atoms with van der Waals surface area (Å²) in [6.07, 6.45) is -5.54. The van der Waals surface area contributed by atoms with E-state index in [0.29, 0.717) is 6.07 Å². The lowest BCUT2D eigenvalue weighted by atomic mass is 10.0. The van der Waals surface area contributed by atoms with Crippen molar-refractivity contribution in [2.45, 2.75) is 18.6 Å². The molecule has 0 heterocycles. The molecular formula is C10H9F4NO3. The quantitative estimate of drug-likeness (QED) is 0.728. The second-order valence-corrected chi connectivity index (χ2v) is 3.61. The summed E-state index contributed by atoms with van der Waals surface area (Å²) in [5, 5.41) is 17.7. The summed E-state index contributed by atoms with van der Waals surface area (Å²) in [6.45, 7) is 0. The lowest BCUT2D eigenvalue weighted by molar-refractivity contribution is -0.149. The first kappa shape index (κ1) is 14.2. The lowest BCUT2D eigenvalue weighted by Gasteiger charge is -2.18. The molecule has 1 aromatic carbocycles. The molecule has 0 saturated heterocycles. The van der Waals surface area contributed by atoms with Crippen LogP contribution in [0.5, 0.6) is 5.75 Å². The van der Waals surface area contributed by atoms with E-state index in [2.05, 4.69) is 0 Å². The first-order valence-corrected chi connectivity index (χ1v) is 4.68. The molecule has 8 heteroatoms. The van der Waals surface area contributed by atoms with Crippen molar-refractivity contribution >= 4 is 5.97 Å². The number of carboxylic acid groups (broad SMARTS) is 1. The third-order valence-electron chi connectivity index (χ3n) is 2.20. The Kier molecular flexibility index (Phi) is 3.80. The number of nitrogens with two attached hydrogens (primary N) is 1. The highest BCUT2D eigenvalue weighted by molar-refractivity contribution is 5.70. The van der Waals surface area contributed by atoms with E-state index in [9.17, 15) is 27.5 Å². The van der Waals surface area contributed by atoms with Gasteiger partial charge in [-0.1, -0.05) is 0 Å². The Morgan fingerprint density at radius 3 is 2.39 bits per heavy atom. The van der Waals surface area contributed by atoms with Gasteiger partial charge in [-0.2, -0.15) is 13.2 Å². The third kappa shape index (κ3) is 3.10. The number of carbonyl (C=O) groups is 1. The molecule has 0 aliphatic heterocycles. The normalized spacial score (nSPS) is 13.4. The summed E-state index contributed by atoms with van der Waals surface area (Å²) in [6, 6.07) is -1.21. The number of alkyl halides is 3. The van der Waals surface area contributed by atoms with Crippen LogP contribution in [0.1, 0.15) is 17.2 Å². The van der Waals surface area contributed by atoms with Gasteiger partial charge in [-0.25, -0.2) is 4.39 Å². The van der Waals surface area contributed by atoms with E-state index in [-0.39, 0.29) is 5.56 Å². The Labute approximate surface area is 98.6 Å². The maximum atomic E-state index is 13.2. The zero-order valence-corrected chi connectivity index (χ0v) is 8.83. The molecule has 0 aromatic heterocycles. The fourth-order valence-corrected chi connectivity index (χ4v) is 1.37. The molecular weight excluding hydrogens is 258 g/mol. The topological polar surface area (TPSA) is 83.6 Å². The second kappa shape index (κ2) is 4.81. The Morgan fingerprint density at radius 2 is 1.94 bits per heavy atom. The molecule has 0 bridgehead atoms. The summed E-state index contributed by atoms with van der Waals surface area (Å²) >= 11 is 0. The number of halogens is 4. The molecule has 0 unspecified atom stereocenters. The highest BCUT2D eigenvalue weighted by Gasteiger charge is 2.40. The van der Waals surface area contributed by atoms with Crippen molar-refractivity contribution in [3.63, 3.8) is 0 Å². The number of benzene rings is 1. The molecule has 100 valence electrons. The molecule has 1 atom stereocenters. The number of hydrogen-bond acceptors (Lipinski definition) is 3. The van der Waals surface area contributed by atoms with Gasteiger partial charge in [0.1, 0.15) is 6.04 Å². The van der Waals surface area contributed by atoms with Gasteiger partial charge in [-0.05, 0) is 17.7 Å². The van der Waals surface area contributed by atoms with Crippen LogP contribution in [0.15, 0.2) is 12.1 Å². The van der Waals surface area contributed by atoms with Crippen LogP contribution in [-0.4, -0.2) is 22.4 Å². The number of phenolic OH excluding ortho intramolecular Hbond substituents is 1. The first-order valence-electron chi connectivity index (χ1n) is 4.68. The third-order valence-corrected chi connectivity index (χ3v) is 2.20. The molecule has 0 fully saturated rings. The maximum absolute atomic E-state index is 13.2. The second-order valence-electron chi connectivity index (χ2n) is 3.61. The van der Waals surface area contributed by atoms with Crippen LogP contribution in [0.3, 0.4) is 0 Å². The Balaban J connectivity index is 3.26. The minimum absolute atomic E-state index is 0.215. The van der Waals surface area contributed by atoms with Crippen LogP contribution in [0.2, 0.25) is 0 Å². The number of aliphatic carboxylic acids is 1. The van der Waals surface area contributed by atoms with Crippen LogP contribution in [0.4, 0.5) is 17.6 Å². The summed E-state index contributed by atoms with van der Waals surface area (Å²) in [7, 11) is 0. The van der Waals surface area contributed by atoms with Gasteiger partial charge in [-0.3, -0.25) is 4.79 Å². The zero-order chi connectivity index (χ0) is 14.1. The number of rotatable bonds is 3. The maximum Gasteiger partial charge on any atom is 0.407 e. The van der Waals surface area contributed by atoms with Crippen LogP contribution in [-0.2, 0) is 11.2 Å². The van der Waals surface area contributed by atoms with Crippen molar-refractivity contribution in [3.05, 3.63) is 29.1 Å². The molecule has 0 radical (unpaired) electrons. The molecule has 4 nitrogen and oxygen atoms in total. The van der Waals surface area contributed by atoms with E-state index in [1.807, 2.05) is 0 Å². The van der Waals surface area contributed by atoms with E-state index in [1.54, 1.807) is 0 Å². The van der Waals surface area contributed by atoms with Gasteiger partial charge >= 0.3 is 12.1 Å². The van der Waals surface area contributed by atoms with Gasteiger partial charge in [0.15, 0.2) is 11.6 Å². The summed E-state index contributed by atoms with van der Waals surface area (Å²) in [4.78, 5) is 10.4. The van der Waals surface area contributed by atoms with Crippen LogP contribution in [0, 0.1) is 5.82 Å². The predicted octanol–water partition coefficient (Wildman–Crippen LogP) is 1.72. The standard InChI is InChI=1S/C10H9F4NO3/c11-6-2-4(3-7(16)17)1-5(8(6)18)9(15)10(12,13)14/h1-2,9,18H,3,15H2,(H,16,17)/t9-/m0/s1. The summed E-state index contributed by atoms with van der Waals surface area (Å²) in [5.41, 5.74) is 3.74. The van der Waals surface area contributed by atoms with Crippen molar-refractivity contribution in [3.8, 4) is 5.75 Å². The molecule has 0 aliphatic rings. The Morgan fingerprint density at radius 1 is 1.39 bits per heavy atom. The van der Waals surface area contributed by atoms with Gasteiger partial charge < -0.3 is 15.9 Å². The first-order chi connectivity index (χ1) is 8.12. The molecule has 0 aliphatic carbocycles. The molecule has 0 amide bonds. The lowest BCUT2D eigenvalue weighted by Crippen LogP contribution is -2.28. The smallest absolute Gasteiger partial charge is 0.407 e. The Bertz CT molecular complexity index is 473. The molecule has 18 heavy (non-hydrogen) atoms. The highest BCUT2D eigenvalue weighted by Crippen LogP contribution is 2.36. The van der Waals surface area contributed by atoms with E-state index < -0.39 is 41.7 Å². The number of hydrogen-bond donors (Lipinski definition) is 3. The van der Waals surface area contributed by atoms with Crippen molar-refractivity contribution in [1.82, 2.24) is 0 Å². The van der Waals surface area contributed by atoms with E-state index in [1.165, 1.54) is 0 Å². The largest absolute Gasteiger partial charge is 0.505 e. The number of aromatic hydroxyl groups is 1. The van der Waals surface area contributed by atoms with Crippen LogP contribution >= 0.6 is 0 Å². The molecule has 0 spiro atoms. The Hall–Kier alpha value is -1.83. The van der Waals surface area contributed by atoms with Gasteiger partial charge in [-0.15, -0.1) is 0 Å². The van der Waals surface area contributed by atoms with Gasteiger partial charge in [0.05, 0.1) is 6.42 Å². The molecule has 1 aromatic rings. The van der Waals surface area contributed by atoms with Gasteiger partial charge in [0.2, 0.25) is 0 Å². The average Bonchev–Trinajstić information content (AvgIpc) is 2.20. The van der Waals surface area contributed by atoms with Crippen molar-refractivity contribution < 1.29 is 32.6 Å². The average molecular weight is 267 g/mol. The van der Waals surface area contributed by atoms with E-state index in [4.69, 9.17) is 10.8 Å². The fourth-order valence-electron chi connectivity index (χ4n) is 1.37. The minimum atomic E-state index is -4.87. The van der Waals surface area contributed by atoms with Gasteiger partial charge in [0.25, 0.3) is 0 Å². The monoisotopic (exact) mass is 267 g/mol. The SMILES string of the molecule is N[C@@H](c1cc(CC(=O)O)cc(F)c1O)C(F)(F)F. The van der Waals surface area contributed by atoms with E-state index in [0.717, 1.165) is 6.07 Å². The van der Waals surface area contributed by atoms with Gasteiger partial charge in [0, 0.05) is 5.56 Å². The zero-order valence-electron chi connectivity index (χ0n) is 8.83. The van der Waals surface area contributed by atoms with Crippen molar-refractivity contribution in [2.75, 3.05) is 0 Å². The number of phenols is 1. The molecule has 4 N–H and O–H groups in total. The fraction of sp³-hybridized carbons (Fsp3) is 0.300. The van der Waals surface area contributed by atoms with Crippen molar-refractivity contribution in [2.24, 2.45) is 5.73 Å².